The lowest BCUT2D eigenvalue weighted by Crippen LogP contribution is -2.48. The molecule has 4 nitrogen and oxygen atoms in total. The van der Waals surface area contributed by atoms with Gasteiger partial charge in [-0.2, -0.15) is 0 Å². The highest BCUT2D eigenvalue weighted by Crippen LogP contribution is 2.40. The van der Waals surface area contributed by atoms with Gasteiger partial charge in [-0.1, -0.05) is 18.2 Å². The molecule has 4 atom stereocenters. The molecule has 0 aromatic heterocycles. The van der Waals surface area contributed by atoms with E-state index in [1.807, 2.05) is 30.3 Å². The van der Waals surface area contributed by atoms with E-state index in [0.717, 1.165) is 12.3 Å². The summed E-state index contributed by atoms with van der Waals surface area (Å²) in [5.41, 5.74) is -1.01. The number of rotatable bonds is 2. The Labute approximate surface area is 100 Å². The van der Waals surface area contributed by atoms with Crippen molar-refractivity contribution in [2.24, 2.45) is 5.92 Å². The Morgan fingerprint density at radius 3 is 2.76 bits per heavy atom. The van der Waals surface area contributed by atoms with Crippen molar-refractivity contribution in [1.29, 1.82) is 0 Å². The molecule has 0 unspecified atom stereocenters. The fraction of sp³-hybridized carbons (Fsp3) is 0.538. The molecule has 3 N–H and O–H groups in total. The largest absolute Gasteiger partial charge is 0.488 e. The minimum atomic E-state index is -1.01. The average Bonchev–Trinajstić information content (AvgIpc) is 2.80. The first kappa shape index (κ1) is 11.0. The van der Waals surface area contributed by atoms with E-state index in [9.17, 15) is 10.2 Å². The van der Waals surface area contributed by atoms with Crippen molar-refractivity contribution in [2.75, 3.05) is 13.1 Å². The van der Waals surface area contributed by atoms with Crippen molar-refractivity contribution in [3.63, 3.8) is 0 Å². The van der Waals surface area contributed by atoms with Gasteiger partial charge < -0.3 is 20.3 Å². The van der Waals surface area contributed by atoms with E-state index in [1.54, 1.807) is 0 Å². The maximum absolute atomic E-state index is 10.4. The lowest BCUT2D eigenvalue weighted by molar-refractivity contribution is -0.0812. The van der Waals surface area contributed by atoms with Crippen molar-refractivity contribution in [3.05, 3.63) is 30.3 Å². The zero-order valence-electron chi connectivity index (χ0n) is 9.54. The van der Waals surface area contributed by atoms with Crippen LogP contribution in [0.15, 0.2) is 30.3 Å². The highest BCUT2D eigenvalue weighted by molar-refractivity contribution is 5.22. The van der Waals surface area contributed by atoms with Crippen LogP contribution in [0.5, 0.6) is 5.75 Å². The Morgan fingerprint density at radius 2 is 2.06 bits per heavy atom. The summed E-state index contributed by atoms with van der Waals surface area (Å²) in [4.78, 5) is 0. The molecule has 0 spiro atoms. The Kier molecular flexibility index (Phi) is 2.58. The van der Waals surface area contributed by atoms with E-state index in [-0.39, 0.29) is 12.0 Å². The Hall–Kier alpha value is -1.10. The van der Waals surface area contributed by atoms with Crippen LogP contribution in [0, 0.1) is 5.92 Å². The van der Waals surface area contributed by atoms with E-state index < -0.39 is 11.7 Å². The summed E-state index contributed by atoms with van der Waals surface area (Å²) >= 11 is 0. The molecular weight excluding hydrogens is 218 g/mol. The van der Waals surface area contributed by atoms with Gasteiger partial charge in [0.15, 0.2) is 0 Å². The van der Waals surface area contributed by atoms with Crippen LogP contribution in [-0.2, 0) is 0 Å². The number of aliphatic hydroxyl groups excluding tert-OH is 1. The van der Waals surface area contributed by atoms with Crippen molar-refractivity contribution in [3.8, 4) is 5.75 Å². The van der Waals surface area contributed by atoms with Crippen molar-refractivity contribution >= 4 is 0 Å². The summed E-state index contributed by atoms with van der Waals surface area (Å²) in [7, 11) is 0. The number of hydrogen-bond donors (Lipinski definition) is 3. The molecule has 17 heavy (non-hydrogen) atoms. The van der Waals surface area contributed by atoms with Crippen LogP contribution in [0.4, 0.5) is 0 Å². The smallest absolute Gasteiger partial charge is 0.128 e. The average molecular weight is 235 g/mol. The number of ether oxygens (including phenoxy) is 1. The lowest BCUT2D eigenvalue weighted by atomic mass is 9.93. The molecule has 1 aromatic carbocycles. The van der Waals surface area contributed by atoms with Gasteiger partial charge in [-0.25, -0.2) is 0 Å². The van der Waals surface area contributed by atoms with Gasteiger partial charge in [-0.3, -0.25) is 0 Å². The van der Waals surface area contributed by atoms with E-state index >= 15 is 0 Å². The standard InChI is InChI=1S/C13H17NO3/c15-12-11(17-10-4-2-1-3-5-10)6-9-7-14-8-13(9,12)16/h1-5,9,11-12,14-16H,6-8H2/t9-,11+,12+,13-/m1/s1. The zero-order valence-corrected chi connectivity index (χ0v) is 9.54. The molecule has 0 bridgehead atoms. The minimum Gasteiger partial charge on any atom is -0.488 e. The molecule has 92 valence electrons. The second-order valence-corrected chi connectivity index (χ2v) is 4.97. The monoisotopic (exact) mass is 235 g/mol. The number of fused-ring (bicyclic) bond motifs is 1. The number of hydrogen-bond acceptors (Lipinski definition) is 4. The third-order valence-corrected chi connectivity index (χ3v) is 3.92. The van der Waals surface area contributed by atoms with Crippen LogP contribution in [0.2, 0.25) is 0 Å². The van der Waals surface area contributed by atoms with Gasteiger partial charge in [-0.15, -0.1) is 0 Å². The highest BCUT2D eigenvalue weighted by Gasteiger charge is 2.57. The van der Waals surface area contributed by atoms with Crippen LogP contribution >= 0.6 is 0 Å². The second-order valence-electron chi connectivity index (χ2n) is 4.97. The minimum absolute atomic E-state index is 0.0891. The van der Waals surface area contributed by atoms with Crippen molar-refractivity contribution < 1.29 is 14.9 Å². The third kappa shape index (κ3) is 1.73. The van der Waals surface area contributed by atoms with E-state index in [4.69, 9.17) is 4.74 Å². The second kappa shape index (κ2) is 3.98. The van der Waals surface area contributed by atoms with E-state index in [1.165, 1.54) is 0 Å². The van der Waals surface area contributed by atoms with Crippen LogP contribution in [-0.4, -0.2) is 41.1 Å². The summed E-state index contributed by atoms with van der Waals surface area (Å²) in [6.07, 6.45) is -0.434. The van der Waals surface area contributed by atoms with Gasteiger partial charge in [-0.05, 0) is 18.6 Å². The Morgan fingerprint density at radius 1 is 1.29 bits per heavy atom. The normalized spacial score (nSPS) is 40.2. The topological polar surface area (TPSA) is 61.7 Å². The zero-order chi connectivity index (χ0) is 11.9. The summed E-state index contributed by atoms with van der Waals surface area (Å²) in [5, 5.41) is 23.6. The van der Waals surface area contributed by atoms with Gasteiger partial charge in [0, 0.05) is 19.0 Å². The van der Waals surface area contributed by atoms with Crippen molar-refractivity contribution in [1.82, 2.24) is 5.32 Å². The molecule has 1 heterocycles. The predicted octanol–water partition coefficient (Wildman–Crippen LogP) is 0.149. The Bertz CT molecular complexity index is 397. The van der Waals surface area contributed by atoms with Gasteiger partial charge in [0.1, 0.15) is 23.6 Å². The molecule has 1 saturated carbocycles. The summed E-state index contributed by atoms with van der Waals surface area (Å²) in [5.74, 6) is 0.833. The lowest BCUT2D eigenvalue weighted by Gasteiger charge is -2.27. The van der Waals surface area contributed by atoms with Gasteiger partial charge in [0.25, 0.3) is 0 Å². The molecule has 0 amide bonds. The first-order chi connectivity index (χ1) is 8.20. The summed E-state index contributed by atoms with van der Waals surface area (Å²) < 4.78 is 5.75. The molecular formula is C13H17NO3. The molecule has 0 radical (unpaired) electrons. The molecule has 1 aliphatic carbocycles. The number of β-amino-alcohol motifs (C(OH)–C–C–N with tert-alkyl or cyclic N) is 1. The number of para-hydroxylation sites is 1. The van der Waals surface area contributed by atoms with E-state index in [2.05, 4.69) is 5.32 Å². The van der Waals surface area contributed by atoms with Crippen molar-refractivity contribution in [2.45, 2.75) is 24.2 Å². The molecule has 1 saturated heterocycles. The van der Waals surface area contributed by atoms with E-state index in [0.29, 0.717) is 13.0 Å². The van der Waals surface area contributed by atoms with Gasteiger partial charge in [0.2, 0.25) is 0 Å². The van der Waals surface area contributed by atoms with Gasteiger partial charge >= 0.3 is 0 Å². The molecule has 4 heteroatoms. The first-order valence-electron chi connectivity index (χ1n) is 6.03. The van der Waals surface area contributed by atoms with Gasteiger partial charge in [0.05, 0.1) is 0 Å². The SMILES string of the molecule is O[C@H]1[C@@H](Oc2ccccc2)C[C@@H]2CNC[C@@]21O. The molecule has 1 aliphatic heterocycles. The molecule has 1 aromatic rings. The number of benzene rings is 1. The molecule has 2 aliphatic rings. The number of nitrogens with one attached hydrogen (secondary N) is 1. The molecule has 2 fully saturated rings. The third-order valence-electron chi connectivity index (χ3n) is 3.92. The van der Waals surface area contributed by atoms with Crippen LogP contribution in [0.1, 0.15) is 6.42 Å². The summed E-state index contributed by atoms with van der Waals surface area (Å²) in [6, 6.07) is 9.44. The fourth-order valence-electron chi connectivity index (χ4n) is 2.92. The maximum atomic E-state index is 10.4. The van der Waals surface area contributed by atoms with Crippen LogP contribution < -0.4 is 10.1 Å². The Balaban J connectivity index is 1.74. The van der Waals surface area contributed by atoms with Crippen LogP contribution in [0.25, 0.3) is 0 Å². The highest BCUT2D eigenvalue weighted by atomic mass is 16.5. The number of aliphatic hydroxyl groups is 2. The fourth-order valence-corrected chi connectivity index (χ4v) is 2.92. The maximum Gasteiger partial charge on any atom is 0.128 e. The molecule has 3 rings (SSSR count). The quantitative estimate of drug-likeness (QED) is 0.683. The van der Waals surface area contributed by atoms with Crippen LogP contribution in [0.3, 0.4) is 0 Å². The first-order valence-corrected chi connectivity index (χ1v) is 6.03. The summed E-state index contributed by atoms with van der Waals surface area (Å²) in [6.45, 7) is 1.20. The predicted molar refractivity (Wildman–Crippen MR) is 62.8 cm³/mol.